The molecule has 98 valence electrons. The highest BCUT2D eigenvalue weighted by atomic mass is 16.2. The lowest BCUT2D eigenvalue weighted by atomic mass is 10.00. The highest BCUT2D eigenvalue weighted by Crippen LogP contribution is 2.13. The number of aldehydes is 1. The maximum atomic E-state index is 11.6. The molecule has 2 N–H and O–H groups in total. The summed E-state index contributed by atoms with van der Waals surface area (Å²) in [6.45, 7) is 0. The zero-order valence-corrected chi connectivity index (χ0v) is 10.7. The standard InChI is InChI=1S/C15H16N2O2/c1-16-15(19)14-9-12(10-18)8-13(17-14)7-11-5-3-2-4-6-11/h2-6,8-10,13,17H,7H2,1H3,(H,16,19). The van der Waals surface area contributed by atoms with Crippen molar-refractivity contribution < 1.29 is 9.59 Å². The van der Waals surface area contributed by atoms with Crippen LogP contribution in [0.5, 0.6) is 0 Å². The van der Waals surface area contributed by atoms with Gasteiger partial charge in [0.2, 0.25) is 0 Å². The Morgan fingerprint density at radius 1 is 1.37 bits per heavy atom. The van der Waals surface area contributed by atoms with Gasteiger partial charge < -0.3 is 10.6 Å². The Kier molecular flexibility index (Phi) is 4.13. The van der Waals surface area contributed by atoms with Crippen molar-refractivity contribution in [1.82, 2.24) is 10.6 Å². The van der Waals surface area contributed by atoms with Gasteiger partial charge in [0.25, 0.3) is 5.91 Å². The normalized spacial score (nSPS) is 17.8. The number of amides is 1. The van der Waals surface area contributed by atoms with Crippen LogP contribution >= 0.6 is 0 Å². The number of carbonyl (C=O) groups excluding carboxylic acids is 2. The highest BCUT2D eigenvalue weighted by Gasteiger charge is 2.18. The van der Waals surface area contributed by atoms with E-state index in [4.69, 9.17) is 0 Å². The summed E-state index contributed by atoms with van der Waals surface area (Å²) in [5, 5.41) is 5.68. The van der Waals surface area contributed by atoms with Gasteiger partial charge in [-0.15, -0.1) is 0 Å². The number of hydrogen-bond donors (Lipinski definition) is 2. The molecule has 1 unspecified atom stereocenters. The summed E-state index contributed by atoms with van der Waals surface area (Å²) >= 11 is 0. The van der Waals surface area contributed by atoms with Crippen molar-refractivity contribution in [3.05, 3.63) is 59.3 Å². The molecular weight excluding hydrogens is 240 g/mol. The van der Waals surface area contributed by atoms with Gasteiger partial charge in [0.15, 0.2) is 0 Å². The zero-order chi connectivity index (χ0) is 13.7. The summed E-state index contributed by atoms with van der Waals surface area (Å²) in [6.07, 6.45) is 4.90. The molecule has 4 heteroatoms. The fourth-order valence-electron chi connectivity index (χ4n) is 2.05. The van der Waals surface area contributed by atoms with Gasteiger partial charge in [-0.25, -0.2) is 0 Å². The van der Waals surface area contributed by atoms with Crippen LogP contribution in [0.3, 0.4) is 0 Å². The molecule has 0 bridgehead atoms. The van der Waals surface area contributed by atoms with Crippen LogP contribution in [-0.2, 0) is 16.0 Å². The summed E-state index contributed by atoms with van der Waals surface area (Å²) in [6, 6.07) is 9.89. The van der Waals surface area contributed by atoms with Gasteiger partial charge in [-0.3, -0.25) is 9.59 Å². The van der Waals surface area contributed by atoms with E-state index in [2.05, 4.69) is 10.6 Å². The highest BCUT2D eigenvalue weighted by molar-refractivity contribution is 5.95. The van der Waals surface area contributed by atoms with Gasteiger partial charge in [-0.1, -0.05) is 36.4 Å². The van der Waals surface area contributed by atoms with Gasteiger partial charge in [0.1, 0.15) is 12.0 Å². The molecule has 0 radical (unpaired) electrons. The van der Waals surface area contributed by atoms with Crippen LogP contribution in [0.4, 0.5) is 0 Å². The first-order chi connectivity index (χ1) is 9.22. The molecule has 2 rings (SSSR count). The second-order valence-electron chi connectivity index (χ2n) is 4.36. The van der Waals surface area contributed by atoms with Crippen LogP contribution in [0.2, 0.25) is 0 Å². The number of benzene rings is 1. The zero-order valence-electron chi connectivity index (χ0n) is 10.7. The Morgan fingerprint density at radius 3 is 2.74 bits per heavy atom. The molecule has 0 saturated carbocycles. The molecule has 0 spiro atoms. The number of likely N-dealkylation sites (N-methyl/N-ethyl adjacent to an activating group) is 1. The average Bonchev–Trinajstić information content (AvgIpc) is 2.47. The van der Waals surface area contributed by atoms with Crippen molar-refractivity contribution in [2.45, 2.75) is 12.5 Å². The lowest BCUT2D eigenvalue weighted by Crippen LogP contribution is -2.38. The van der Waals surface area contributed by atoms with Crippen LogP contribution in [0.15, 0.2) is 53.8 Å². The van der Waals surface area contributed by atoms with Gasteiger partial charge >= 0.3 is 0 Å². The molecule has 0 fully saturated rings. The molecule has 1 amide bonds. The SMILES string of the molecule is CNC(=O)C1=CC(C=O)=CC(Cc2ccccc2)N1. The average molecular weight is 256 g/mol. The van der Waals surface area contributed by atoms with Crippen LogP contribution in [-0.4, -0.2) is 25.3 Å². The van der Waals surface area contributed by atoms with Gasteiger partial charge in [-0.2, -0.15) is 0 Å². The van der Waals surface area contributed by atoms with Crippen molar-refractivity contribution >= 4 is 12.2 Å². The molecule has 1 aliphatic rings. The van der Waals surface area contributed by atoms with E-state index < -0.39 is 0 Å². The molecule has 1 aliphatic heterocycles. The first-order valence-electron chi connectivity index (χ1n) is 6.14. The smallest absolute Gasteiger partial charge is 0.267 e. The number of dihydropyridines is 1. The Labute approximate surface area is 112 Å². The van der Waals surface area contributed by atoms with Crippen molar-refractivity contribution in [1.29, 1.82) is 0 Å². The summed E-state index contributed by atoms with van der Waals surface area (Å²) in [7, 11) is 1.57. The first kappa shape index (κ1) is 13.1. The number of nitrogens with one attached hydrogen (secondary N) is 2. The van der Waals surface area contributed by atoms with E-state index in [-0.39, 0.29) is 11.9 Å². The first-order valence-corrected chi connectivity index (χ1v) is 6.14. The van der Waals surface area contributed by atoms with Gasteiger partial charge in [0, 0.05) is 18.7 Å². The molecule has 1 atom stereocenters. The minimum Gasteiger partial charge on any atom is -0.374 e. The van der Waals surface area contributed by atoms with E-state index in [1.807, 2.05) is 36.4 Å². The Hall–Kier alpha value is -2.36. The summed E-state index contributed by atoms with van der Waals surface area (Å²) in [4.78, 5) is 22.6. The minimum atomic E-state index is -0.217. The predicted molar refractivity (Wildman–Crippen MR) is 73.4 cm³/mol. The molecule has 1 heterocycles. The Balaban J connectivity index is 2.15. The second kappa shape index (κ2) is 6.00. The topological polar surface area (TPSA) is 58.2 Å². The fourth-order valence-corrected chi connectivity index (χ4v) is 2.05. The summed E-state index contributed by atoms with van der Waals surface area (Å²) in [5.74, 6) is -0.217. The maximum Gasteiger partial charge on any atom is 0.267 e. The van der Waals surface area contributed by atoms with Crippen LogP contribution < -0.4 is 10.6 Å². The molecule has 4 nitrogen and oxygen atoms in total. The van der Waals surface area contributed by atoms with E-state index in [0.29, 0.717) is 11.3 Å². The van der Waals surface area contributed by atoms with Gasteiger partial charge in [-0.05, 0) is 18.1 Å². The number of hydrogen-bond acceptors (Lipinski definition) is 3. The van der Waals surface area contributed by atoms with E-state index in [0.717, 1.165) is 18.3 Å². The molecule has 1 aromatic carbocycles. The third kappa shape index (κ3) is 3.31. The van der Waals surface area contributed by atoms with Crippen LogP contribution in [0.1, 0.15) is 5.56 Å². The van der Waals surface area contributed by atoms with Gasteiger partial charge in [0.05, 0.1) is 0 Å². The molecule has 19 heavy (non-hydrogen) atoms. The quantitative estimate of drug-likeness (QED) is 0.789. The van der Waals surface area contributed by atoms with Crippen LogP contribution in [0, 0.1) is 0 Å². The third-order valence-electron chi connectivity index (χ3n) is 2.95. The minimum absolute atomic E-state index is 0.0556. The summed E-state index contributed by atoms with van der Waals surface area (Å²) in [5.41, 5.74) is 2.10. The van der Waals surface area contributed by atoms with Crippen molar-refractivity contribution in [3.8, 4) is 0 Å². The lowest BCUT2D eigenvalue weighted by Gasteiger charge is -2.22. The van der Waals surface area contributed by atoms with E-state index in [9.17, 15) is 9.59 Å². The monoisotopic (exact) mass is 256 g/mol. The van der Waals surface area contributed by atoms with E-state index >= 15 is 0 Å². The molecule has 0 saturated heterocycles. The maximum absolute atomic E-state index is 11.6. The fraction of sp³-hybridized carbons (Fsp3) is 0.200. The number of carbonyl (C=O) groups is 2. The van der Waals surface area contributed by atoms with Crippen molar-refractivity contribution in [3.63, 3.8) is 0 Å². The molecule has 1 aromatic rings. The second-order valence-corrected chi connectivity index (χ2v) is 4.36. The van der Waals surface area contributed by atoms with Crippen molar-refractivity contribution in [2.75, 3.05) is 7.05 Å². The van der Waals surface area contributed by atoms with E-state index in [1.54, 1.807) is 13.1 Å². The Bertz CT molecular complexity index is 532. The Morgan fingerprint density at radius 2 is 2.11 bits per heavy atom. The largest absolute Gasteiger partial charge is 0.374 e. The number of rotatable bonds is 4. The van der Waals surface area contributed by atoms with Crippen molar-refractivity contribution in [2.24, 2.45) is 0 Å². The van der Waals surface area contributed by atoms with E-state index in [1.165, 1.54) is 0 Å². The molecular formula is C15H16N2O2. The molecule has 0 aliphatic carbocycles. The third-order valence-corrected chi connectivity index (χ3v) is 2.95. The summed E-state index contributed by atoms with van der Waals surface area (Å²) < 4.78 is 0. The number of allylic oxidation sites excluding steroid dienone is 2. The molecule has 0 aromatic heterocycles. The van der Waals surface area contributed by atoms with Crippen LogP contribution in [0.25, 0.3) is 0 Å². The lowest BCUT2D eigenvalue weighted by molar-refractivity contribution is -0.117. The predicted octanol–water partition coefficient (Wildman–Crippen LogP) is 0.956.